The van der Waals surface area contributed by atoms with Gasteiger partial charge in [0, 0.05) is 18.5 Å². The van der Waals surface area contributed by atoms with E-state index in [1.54, 1.807) is 25.3 Å². The molecule has 0 saturated carbocycles. The summed E-state index contributed by atoms with van der Waals surface area (Å²) >= 11 is 0. The van der Waals surface area contributed by atoms with Crippen LogP contribution < -0.4 is 20.2 Å². The maximum Gasteiger partial charge on any atom is 0.240 e. The average Bonchev–Trinajstić information content (AvgIpc) is 2.74. The Morgan fingerprint density at radius 1 is 1.03 bits per heavy atom. The predicted molar refractivity (Wildman–Crippen MR) is 113 cm³/mol. The molecular weight excluding hydrogens is 370 g/mol. The van der Waals surface area contributed by atoms with Gasteiger partial charge in [0.15, 0.2) is 11.5 Å². The lowest BCUT2D eigenvalue weighted by molar-refractivity contribution is -0.124. The number of unbranched alkanes of at least 4 members (excludes halogenated alkanes) is 1. The number of nitrogens with one attached hydrogen (secondary N) is 2. The van der Waals surface area contributed by atoms with Gasteiger partial charge in [0.1, 0.15) is 0 Å². The Kier molecular flexibility index (Phi) is 9.21. The van der Waals surface area contributed by atoms with Crippen LogP contribution in [-0.4, -0.2) is 31.7 Å². The highest BCUT2D eigenvalue weighted by molar-refractivity contribution is 5.93. The highest BCUT2D eigenvalue weighted by atomic mass is 16.5. The third-order valence-corrected chi connectivity index (χ3v) is 3.98. The van der Waals surface area contributed by atoms with Crippen LogP contribution in [0.5, 0.6) is 11.5 Å². The van der Waals surface area contributed by atoms with Crippen LogP contribution in [0.4, 0.5) is 5.69 Å². The molecule has 0 aliphatic heterocycles. The molecule has 2 amide bonds. The number of carbonyl (C=O) groups is 2. The first-order valence-electron chi connectivity index (χ1n) is 9.60. The first-order valence-corrected chi connectivity index (χ1v) is 9.60. The molecule has 0 aliphatic rings. The van der Waals surface area contributed by atoms with Crippen LogP contribution in [0.1, 0.15) is 38.2 Å². The molecule has 0 atom stereocenters. The minimum Gasteiger partial charge on any atom is -0.493 e. The number of hydrogen-bond donors (Lipinski definition) is 2. The van der Waals surface area contributed by atoms with Crippen LogP contribution in [0.2, 0.25) is 0 Å². The summed E-state index contributed by atoms with van der Waals surface area (Å²) in [5.74, 6) is 0.718. The summed E-state index contributed by atoms with van der Waals surface area (Å²) in [7, 11) is 1.57. The van der Waals surface area contributed by atoms with Gasteiger partial charge in [-0.3, -0.25) is 9.59 Å². The molecule has 29 heavy (non-hydrogen) atoms. The zero-order chi connectivity index (χ0) is 20.9. The molecule has 154 valence electrons. The van der Waals surface area contributed by atoms with Crippen molar-refractivity contribution in [2.45, 2.75) is 32.6 Å². The second-order valence-electron chi connectivity index (χ2n) is 6.32. The molecule has 0 saturated heterocycles. The van der Waals surface area contributed by atoms with Crippen LogP contribution in [0.3, 0.4) is 0 Å². The van der Waals surface area contributed by atoms with Gasteiger partial charge in [0.25, 0.3) is 0 Å². The number of methoxy groups -OCH3 is 1. The molecule has 0 fully saturated rings. The van der Waals surface area contributed by atoms with Crippen molar-refractivity contribution in [1.82, 2.24) is 5.43 Å². The molecule has 0 radical (unpaired) electrons. The first kappa shape index (κ1) is 21.9. The largest absolute Gasteiger partial charge is 0.493 e. The topological polar surface area (TPSA) is 89.0 Å². The third kappa shape index (κ3) is 8.04. The summed E-state index contributed by atoms with van der Waals surface area (Å²) in [5.41, 5.74) is 3.88. The number of benzene rings is 2. The zero-order valence-corrected chi connectivity index (χ0v) is 16.8. The molecule has 0 aromatic heterocycles. The second kappa shape index (κ2) is 12.2. The van der Waals surface area contributed by atoms with Crippen molar-refractivity contribution in [1.29, 1.82) is 0 Å². The van der Waals surface area contributed by atoms with Gasteiger partial charge < -0.3 is 14.8 Å². The van der Waals surface area contributed by atoms with E-state index in [4.69, 9.17) is 9.47 Å². The molecule has 2 aromatic rings. The number of hydrogen-bond acceptors (Lipinski definition) is 5. The summed E-state index contributed by atoms with van der Waals surface area (Å²) in [5, 5.41) is 6.66. The molecule has 7 heteroatoms. The van der Waals surface area contributed by atoms with Crippen molar-refractivity contribution in [3.8, 4) is 11.5 Å². The first-order chi connectivity index (χ1) is 14.1. The summed E-state index contributed by atoms with van der Waals surface area (Å²) < 4.78 is 11.0. The summed E-state index contributed by atoms with van der Waals surface area (Å²) in [4.78, 5) is 23.7. The van der Waals surface area contributed by atoms with Gasteiger partial charge in [-0.1, -0.05) is 31.5 Å². The number of nitrogens with zero attached hydrogens (tertiary/aromatic N) is 1. The number of rotatable bonds is 11. The van der Waals surface area contributed by atoms with Gasteiger partial charge >= 0.3 is 0 Å². The van der Waals surface area contributed by atoms with E-state index in [1.165, 1.54) is 6.21 Å². The van der Waals surface area contributed by atoms with E-state index >= 15 is 0 Å². The van der Waals surface area contributed by atoms with E-state index in [-0.39, 0.29) is 24.7 Å². The lowest BCUT2D eigenvalue weighted by Crippen LogP contribution is -2.20. The summed E-state index contributed by atoms with van der Waals surface area (Å²) in [6, 6.07) is 14.5. The minimum absolute atomic E-state index is 0.0452. The lowest BCUT2D eigenvalue weighted by atomic mass is 10.2. The number of amides is 2. The van der Waals surface area contributed by atoms with Crippen LogP contribution in [0, 0.1) is 0 Å². The number of para-hydroxylation sites is 1. The Bertz CT molecular complexity index is 822. The fourth-order valence-corrected chi connectivity index (χ4v) is 2.42. The van der Waals surface area contributed by atoms with Gasteiger partial charge in [-0.05, 0) is 42.3 Å². The maximum atomic E-state index is 11.9. The molecule has 2 N–H and O–H groups in total. The molecule has 2 aromatic carbocycles. The van der Waals surface area contributed by atoms with Crippen LogP contribution >= 0.6 is 0 Å². The summed E-state index contributed by atoms with van der Waals surface area (Å²) in [6.45, 7) is 2.73. The van der Waals surface area contributed by atoms with Gasteiger partial charge in [0.05, 0.1) is 19.9 Å². The molecule has 0 spiro atoms. The number of ether oxygens (including phenoxy) is 2. The number of anilines is 1. The highest BCUT2D eigenvalue weighted by Crippen LogP contribution is 2.27. The molecule has 2 rings (SSSR count). The van der Waals surface area contributed by atoms with Crippen molar-refractivity contribution in [3.63, 3.8) is 0 Å². The van der Waals surface area contributed by atoms with Gasteiger partial charge in [-0.25, -0.2) is 5.43 Å². The van der Waals surface area contributed by atoms with Crippen molar-refractivity contribution in [2.24, 2.45) is 5.10 Å². The van der Waals surface area contributed by atoms with Crippen molar-refractivity contribution in [3.05, 3.63) is 54.1 Å². The third-order valence-electron chi connectivity index (χ3n) is 3.98. The Morgan fingerprint density at radius 3 is 2.52 bits per heavy atom. The van der Waals surface area contributed by atoms with E-state index in [2.05, 4.69) is 22.8 Å². The van der Waals surface area contributed by atoms with Crippen LogP contribution in [0.25, 0.3) is 0 Å². The van der Waals surface area contributed by atoms with Crippen molar-refractivity contribution in [2.75, 3.05) is 19.0 Å². The molecular formula is C22H27N3O4. The monoisotopic (exact) mass is 397 g/mol. The average molecular weight is 397 g/mol. The van der Waals surface area contributed by atoms with Crippen molar-refractivity contribution >= 4 is 23.7 Å². The smallest absolute Gasteiger partial charge is 0.240 e. The molecule has 0 heterocycles. The fourth-order valence-electron chi connectivity index (χ4n) is 2.42. The van der Waals surface area contributed by atoms with Gasteiger partial charge in [0.2, 0.25) is 11.8 Å². The quantitative estimate of drug-likeness (QED) is 0.343. The van der Waals surface area contributed by atoms with Gasteiger partial charge in [-0.2, -0.15) is 5.10 Å². The van der Waals surface area contributed by atoms with Crippen molar-refractivity contribution < 1.29 is 19.1 Å². The molecule has 0 unspecified atom stereocenters. The molecule has 0 bridgehead atoms. The van der Waals surface area contributed by atoms with Gasteiger partial charge in [-0.15, -0.1) is 0 Å². The van der Waals surface area contributed by atoms with E-state index < -0.39 is 0 Å². The lowest BCUT2D eigenvalue weighted by Gasteiger charge is -2.10. The normalized spacial score (nSPS) is 10.6. The Labute approximate surface area is 171 Å². The van der Waals surface area contributed by atoms with E-state index in [1.807, 2.05) is 30.3 Å². The summed E-state index contributed by atoms with van der Waals surface area (Å²) in [6.07, 6.45) is 3.67. The Morgan fingerprint density at radius 2 is 1.79 bits per heavy atom. The minimum atomic E-state index is -0.337. The number of hydrazone groups is 1. The van der Waals surface area contributed by atoms with E-state index in [0.29, 0.717) is 23.8 Å². The predicted octanol–water partition coefficient (Wildman–Crippen LogP) is 3.74. The number of carbonyl (C=O) groups excluding carboxylic acids is 2. The molecule has 0 aliphatic carbocycles. The zero-order valence-electron chi connectivity index (χ0n) is 16.8. The Balaban J connectivity index is 1.78. The van der Waals surface area contributed by atoms with E-state index in [9.17, 15) is 9.59 Å². The SMILES string of the molecule is CCCCOc1ccc(C=NNC(=O)CCC(=O)Nc2ccccc2)cc1OC. The van der Waals surface area contributed by atoms with Crippen LogP contribution in [0.15, 0.2) is 53.6 Å². The highest BCUT2D eigenvalue weighted by Gasteiger charge is 2.07. The molecule has 7 nitrogen and oxygen atoms in total. The second-order valence-corrected chi connectivity index (χ2v) is 6.32. The standard InChI is InChI=1S/C22H27N3O4/c1-3-4-14-29-19-11-10-17(15-20(19)28-2)16-23-25-22(27)13-12-21(26)24-18-8-6-5-7-9-18/h5-11,15-16H,3-4,12-14H2,1-2H3,(H,24,26)(H,25,27). The van der Waals surface area contributed by atoms with Crippen LogP contribution in [-0.2, 0) is 9.59 Å². The Hall–Kier alpha value is -3.35. The maximum absolute atomic E-state index is 11.9. The fraction of sp³-hybridized carbons (Fsp3) is 0.318. The van der Waals surface area contributed by atoms with E-state index in [0.717, 1.165) is 18.4 Å².